The van der Waals surface area contributed by atoms with Crippen molar-refractivity contribution in [3.63, 3.8) is 0 Å². The number of hydrogen-bond donors (Lipinski definition) is 0. The molecule has 0 N–H and O–H groups in total. The highest BCUT2D eigenvalue weighted by Gasteiger charge is 2.27. The molecule has 0 saturated carbocycles. The van der Waals surface area contributed by atoms with E-state index in [2.05, 4.69) is 42.7 Å². The minimum Gasteiger partial charge on any atom is -0.493 e. The molecule has 1 fully saturated rings. The molecule has 0 unspecified atom stereocenters. The number of fused-ring (bicyclic) bond motifs is 3. The molecule has 33 heavy (non-hydrogen) atoms. The van der Waals surface area contributed by atoms with Gasteiger partial charge in [0.2, 0.25) is 0 Å². The van der Waals surface area contributed by atoms with E-state index in [0.29, 0.717) is 18.2 Å². The summed E-state index contributed by atoms with van der Waals surface area (Å²) in [6, 6.07) is 6.45. The number of rotatable bonds is 4. The average Bonchev–Trinajstić information content (AvgIpc) is 3.43. The van der Waals surface area contributed by atoms with Crippen molar-refractivity contribution in [3.05, 3.63) is 35.0 Å². The first-order chi connectivity index (χ1) is 15.9. The normalized spacial score (nSPS) is 16.5. The number of piperazine rings is 1. The molecule has 0 spiro atoms. The number of ether oxygens (including phenoxy) is 1. The van der Waals surface area contributed by atoms with Crippen molar-refractivity contribution in [1.82, 2.24) is 29.5 Å². The number of hydrogen-bond acceptors (Lipinski definition) is 7. The fourth-order valence-electron chi connectivity index (χ4n) is 4.46. The smallest absolute Gasteiger partial charge is 0.253 e. The van der Waals surface area contributed by atoms with Gasteiger partial charge in [-0.05, 0) is 45.9 Å². The van der Waals surface area contributed by atoms with Gasteiger partial charge in [-0.3, -0.25) is 9.69 Å². The summed E-state index contributed by atoms with van der Waals surface area (Å²) < 4.78 is 7.90. The van der Waals surface area contributed by atoms with Crippen LogP contribution < -0.4 is 4.74 Å². The van der Waals surface area contributed by atoms with Gasteiger partial charge in [-0.25, -0.2) is 14.6 Å². The Labute approximate surface area is 198 Å². The van der Waals surface area contributed by atoms with Crippen molar-refractivity contribution in [1.29, 1.82) is 0 Å². The van der Waals surface area contributed by atoms with Crippen molar-refractivity contribution >= 4 is 17.2 Å². The Hall–Kier alpha value is -2.78. The van der Waals surface area contributed by atoms with Crippen molar-refractivity contribution in [2.75, 3.05) is 32.8 Å². The van der Waals surface area contributed by atoms with Gasteiger partial charge in [0.05, 0.1) is 12.3 Å². The number of carbonyl (C=O) groups is 1. The molecule has 174 valence electrons. The van der Waals surface area contributed by atoms with Gasteiger partial charge in [0.25, 0.3) is 5.91 Å². The van der Waals surface area contributed by atoms with E-state index >= 15 is 0 Å². The second kappa shape index (κ2) is 8.87. The molecule has 5 rings (SSSR count). The number of amides is 1. The van der Waals surface area contributed by atoms with Gasteiger partial charge in [0.15, 0.2) is 10.8 Å². The molecule has 0 radical (unpaired) electrons. The molecular weight excluding hydrogens is 436 g/mol. The maximum Gasteiger partial charge on any atom is 0.253 e. The summed E-state index contributed by atoms with van der Waals surface area (Å²) in [5, 5.41) is 5.21. The van der Waals surface area contributed by atoms with Crippen LogP contribution in [0.5, 0.6) is 5.75 Å². The second-order valence-electron chi connectivity index (χ2n) is 9.14. The van der Waals surface area contributed by atoms with Gasteiger partial charge in [0.1, 0.15) is 12.1 Å². The fourth-order valence-corrected chi connectivity index (χ4v) is 5.51. The second-order valence-corrected chi connectivity index (χ2v) is 10.2. The van der Waals surface area contributed by atoms with E-state index in [1.807, 2.05) is 27.8 Å². The van der Waals surface area contributed by atoms with Crippen LogP contribution in [0.1, 0.15) is 49.0 Å². The predicted molar refractivity (Wildman–Crippen MR) is 129 cm³/mol. The van der Waals surface area contributed by atoms with Crippen LogP contribution in [-0.2, 0) is 6.42 Å². The first-order valence-electron chi connectivity index (χ1n) is 11.6. The summed E-state index contributed by atoms with van der Waals surface area (Å²) in [7, 11) is 0. The number of carbonyl (C=O) groups excluding carboxylic acids is 1. The lowest BCUT2D eigenvalue weighted by atomic mass is 10.0. The third-order valence-corrected chi connectivity index (χ3v) is 7.46. The molecule has 1 amide bonds. The van der Waals surface area contributed by atoms with E-state index in [-0.39, 0.29) is 11.9 Å². The summed E-state index contributed by atoms with van der Waals surface area (Å²) >= 11 is 1.63. The molecule has 9 heteroatoms. The van der Waals surface area contributed by atoms with E-state index in [1.54, 1.807) is 17.7 Å². The zero-order valence-corrected chi connectivity index (χ0v) is 20.4. The Morgan fingerprint density at radius 1 is 1.09 bits per heavy atom. The van der Waals surface area contributed by atoms with Crippen LogP contribution in [-0.4, -0.2) is 74.3 Å². The summed E-state index contributed by atoms with van der Waals surface area (Å²) in [6.07, 6.45) is 2.35. The topological polar surface area (TPSA) is 76.4 Å². The number of aromatic nitrogens is 4. The van der Waals surface area contributed by atoms with Crippen LogP contribution in [0.3, 0.4) is 0 Å². The lowest BCUT2D eigenvalue weighted by Crippen LogP contribution is -2.50. The Morgan fingerprint density at radius 2 is 1.88 bits per heavy atom. The zero-order chi connectivity index (χ0) is 23.1. The fraction of sp³-hybridized carbons (Fsp3) is 0.500. The average molecular weight is 467 g/mol. The van der Waals surface area contributed by atoms with Crippen LogP contribution >= 0.6 is 11.3 Å². The molecule has 1 saturated heterocycles. The molecule has 0 bridgehead atoms. The Morgan fingerprint density at radius 3 is 2.61 bits per heavy atom. The molecular formula is C24H30N6O2S. The molecule has 4 heterocycles. The van der Waals surface area contributed by atoms with Crippen LogP contribution in [0, 0.1) is 0 Å². The first-order valence-corrected chi connectivity index (χ1v) is 12.4. The largest absolute Gasteiger partial charge is 0.493 e. The molecule has 0 atom stereocenters. The van der Waals surface area contributed by atoms with Crippen molar-refractivity contribution < 1.29 is 9.53 Å². The van der Waals surface area contributed by atoms with E-state index in [0.717, 1.165) is 65.3 Å². The van der Waals surface area contributed by atoms with E-state index < -0.39 is 0 Å². The van der Waals surface area contributed by atoms with Gasteiger partial charge < -0.3 is 9.64 Å². The van der Waals surface area contributed by atoms with Crippen LogP contribution in [0.2, 0.25) is 0 Å². The van der Waals surface area contributed by atoms with Crippen molar-refractivity contribution in [2.45, 2.75) is 46.2 Å². The quantitative estimate of drug-likeness (QED) is 0.583. The van der Waals surface area contributed by atoms with Gasteiger partial charge in [-0.15, -0.1) is 11.3 Å². The summed E-state index contributed by atoms with van der Waals surface area (Å²) in [4.78, 5) is 28.2. The van der Waals surface area contributed by atoms with E-state index in [1.165, 1.54) is 0 Å². The maximum atomic E-state index is 13.3. The third kappa shape index (κ3) is 4.15. The van der Waals surface area contributed by atoms with Crippen molar-refractivity contribution in [3.8, 4) is 27.8 Å². The zero-order valence-electron chi connectivity index (χ0n) is 19.6. The van der Waals surface area contributed by atoms with Crippen LogP contribution in [0.4, 0.5) is 0 Å². The van der Waals surface area contributed by atoms with E-state index in [9.17, 15) is 4.79 Å². The minimum atomic E-state index is 0.0713. The van der Waals surface area contributed by atoms with Gasteiger partial charge >= 0.3 is 0 Å². The molecule has 2 aliphatic rings. The number of benzene rings is 1. The number of nitrogens with zero attached hydrogens (tertiary/aromatic N) is 6. The SMILES string of the molecule is CC(C)N1CCN(C(=O)c2ccc3c(c2)-c2nc(-c4ncnn4C(C)C)sc2CCO3)CC1. The molecule has 2 aromatic heterocycles. The highest BCUT2D eigenvalue weighted by molar-refractivity contribution is 7.15. The standard InChI is InChI=1S/C24H30N6O2S/c1-15(2)28-8-10-29(11-9-28)24(31)17-5-6-19-18(13-17)21-20(7-12-32-19)33-23(27-21)22-25-14-26-30(22)16(3)4/h5-6,13-16H,7-12H2,1-4H3. The first kappa shape index (κ1) is 22.0. The van der Waals surface area contributed by atoms with Gasteiger partial charge in [-0.1, -0.05) is 0 Å². The third-order valence-electron chi connectivity index (χ3n) is 6.35. The summed E-state index contributed by atoms with van der Waals surface area (Å²) in [5.41, 5.74) is 2.45. The van der Waals surface area contributed by atoms with Gasteiger partial charge in [0, 0.05) is 60.7 Å². The summed E-state index contributed by atoms with van der Waals surface area (Å²) in [5.74, 6) is 1.62. The maximum absolute atomic E-state index is 13.3. The Bertz CT molecular complexity index is 1160. The highest BCUT2D eigenvalue weighted by atomic mass is 32.1. The highest BCUT2D eigenvalue weighted by Crippen LogP contribution is 2.40. The summed E-state index contributed by atoms with van der Waals surface area (Å²) in [6.45, 7) is 12.5. The molecule has 3 aromatic rings. The molecule has 2 aliphatic heterocycles. The van der Waals surface area contributed by atoms with Crippen LogP contribution in [0.25, 0.3) is 22.1 Å². The number of thiazole rings is 1. The Balaban J connectivity index is 1.46. The van der Waals surface area contributed by atoms with Crippen molar-refractivity contribution in [2.24, 2.45) is 0 Å². The lowest BCUT2D eigenvalue weighted by Gasteiger charge is -2.37. The molecule has 1 aromatic carbocycles. The molecule has 8 nitrogen and oxygen atoms in total. The van der Waals surface area contributed by atoms with Crippen LogP contribution in [0.15, 0.2) is 24.5 Å². The van der Waals surface area contributed by atoms with E-state index in [4.69, 9.17) is 9.72 Å². The monoisotopic (exact) mass is 466 g/mol. The minimum absolute atomic E-state index is 0.0713. The predicted octanol–water partition coefficient (Wildman–Crippen LogP) is 3.75. The lowest BCUT2D eigenvalue weighted by molar-refractivity contribution is 0.0595. The molecule has 0 aliphatic carbocycles. The Kier molecular flexibility index (Phi) is 5.92. The van der Waals surface area contributed by atoms with Gasteiger partial charge in [-0.2, -0.15) is 5.10 Å².